The lowest BCUT2D eigenvalue weighted by Crippen LogP contribution is -2.43. The summed E-state index contributed by atoms with van der Waals surface area (Å²) in [5.74, 6) is 0.654. The summed E-state index contributed by atoms with van der Waals surface area (Å²) in [7, 11) is 1.35. The van der Waals surface area contributed by atoms with Crippen LogP contribution in [0.1, 0.15) is 59.3 Å². The monoisotopic (exact) mass is 382 g/mol. The third-order valence-electron chi connectivity index (χ3n) is 4.99. The van der Waals surface area contributed by atoms with E-state index in [-0.39, 0.29) is 17.9 Å². The number of carbonyl (C=O) groups is 2. The van der Waals surface area contributed by atoms with Crippen LogP contribution in [0.15, 0.2) is 30.3 Å². The molecule has 0 bridgehead atoms. The SMILES string of the molecule is CCC1CCCCN1C(=O)c1cc(Nc2ccc(C(=O)OC)cc2)nc(C)n1. The van der Waals surface area contributed by atoms with Crippen LogP contribution in [-0.2, 0) is 4.74 Å². The number of aromatic nitrogens is 2. The van der Waals surface area contributed by atoms with Gasteiger partial charge in [0.15, 0.2) is 0 Å². The van der Waals surface area contributed by atoms with Crippen LogP contribution in [0.5, 0.6) is 0 Å². The normalized spacial score (nSPS) is 16.5. The lowest BCUT2D eigenvalue weighted by Gasteiger charge is -2.35. The highest BCUT2D eigenvalue weighted by molar-refractivity contribution is 5.93. The van der Waals surface area contributed by atoms with Gasteiger partial charge >= 0.3 is 5.97 Å². The fourth-order valence-electron chi connectivity index (χ4n) is 3.54. The van der Waals surface area contributed by atoms with Crippen molar-refractivity contribution in [3.63, 3.8) is 0 Å². The zero-order chi connectivity index (χ0) is 20.1. The van der Waals surface area contributed by atoms with E-state index in [4.69, 9.17) is 4.74 Å². The summed E-state index contributed by atoms with van der Waals surface area (Å²) in [6.45, 7) is 4.67. The summed E-state index contributed by atoms with van der Waals surface area (Å²) in [5, 5.41) is 3.18. The predicted octanol–water partition coefficient (Wildman–Crippen LogP) is 3.72. The maximum Gasteiger partial charge on any atom is 0.337 e. The first-order valence-electron chi connectivity index (χ1n) is 9.64. The Balaban J connectivity index is 1.79. The van der Waals surface area contributed by atoms with E-state index < -0.39 is 0 Å². The summed E-state index contributed by atoms with van der Waals surface area (Å²) in [6, 6.07) is 8.84. The minimum atomic E-state index is -0.385. The van der Waals surface area contributed by atoms with Crippen molar-refractivity contribution in [3.8, 4) is 0 Å². The van der Waals surface area contributed by atoms with E-state index >= 15 is 0 Å². The number of anilines is 2. The molecule has 0 saturated carbocycles. The Morgan fingerprint density at radius 2 is 1.96 bits per heavy atom. The number of likely N-dealkylation sites (tertiary alicyclic amines) is 1. The highest BCUT2D eigenvalue weighted by Crippen LogP contribution is 2.23. The number of nitrogens with zero attached hydrogens (tertiary/aromatic N) is 3. The number of esters is 1. The number of piperidine rings is 1. The molecule has 1 N–H and O–H groups in total. The molecular formula is C21H26N4O3. The summed E-state index contributed by atoms with van der Waals surface area (Å²) in [6.07, 6.45) is 4.20. The van der Waals surface area contributed by atoms with Crippen molar-refractivity contribution in [3.05, 3.63) is 47.4 Å². The largest absolute Gasteiger partial charge is 0.465 e. The second kappa shape index (κ2) is 8.82. The van der Waals surface area contributed by atoms with Crippen LogP contribution < -0.4 is 5.32 Å². The number of nitrogens with one attached hydrogen (secondary N) is 1. The highest BCUT2D eigenvalue weighted by atomic mass is 16.5. The second-order valence-electron chi connectivity index (χ2n) is 6.94. The number of benzene rings is 1. The number of carbonyl (C=O) groups excluding carboxylic acids is 2. The predicted molar refractivity (Wildman–Crippen MR) is 107 cm³/mol. The molecule has 0 radical (unpaired) electrons. The maximum atomic E-state index is 13.0. The van der Waals surface area contributed by atoms with Gasteiger partial charge in [-0.2, -0.15) is 0 Å². The molecule has 1 aromatic carbocycles. The van der Waals surface area contributed by atoms with Crippen molar-refractivity contribution < 1.29 is 14.3 Å². The van der Waals surface area contributed by atoms with Gasteiger partial charge in [0, 0.05) is 24.3 Å². The molecule has 2 aromatic rings. The smallest absolute Gasteiger partial charge is 0.337 e. The molecule has 2 heterocycles. The van der Waals surface area contributed by atoms with E-state index in [0.29, 0.717) is 22.9 Å². The Bertz CT molecular complexity index is 851. The number of ether oxygens (including phenoxy) is 1. The molecule has 3 rings (SSSR count). The van der Waals surface area contributed by atoms with Crippen molar-refractivity contribution in [2.24, 2.45) is 0 Å². The Morgan fingerprint density at radius 3 is 2.64 bits per heavy atom. The molecule has 0 aliphatic carbocycles. The van der Waals surface area contributed by atoms with Crippen LogP contribution in [0.25, 0.3) is 0 Å². The number of aryl methyl sites for hydroxylation is 1. The molecule has 1 amide bonds. The topological polar surface area (TPSA) is 84.4 Å². The van der Waals surface area contributed by atoms with Gasteiger partial charge < -0.3 is 15.0 Å². The Labute approximate surface area is 165 Å². The minimum absolute atomic E-state index is 0.0406. The van der Waals surface area contributed by atoms with Crippen LogP contribution in [0.4, 0.5) is 11.5 Å². The summed E-state index contributed by atoms with van der Waals surface area (Å²) < 4.78 is 4.71. The van der Waals surface area contributed by atoms with Crippen LogP contribution >= 0.6 is 0 Å². The fraction of sp³-hybridized carbons (Fsp3) is 0.429. The summed E-state index contributed by atoms with van der Waals surface area (Å²) in [5.41, 5.74) is 1.63. The zero-order valence-corrected chi connectivity index (χ0v) is 16.6. The van der Waals surface area contributed by atoms with E-state index in [1.54, 1.807) is 37.3 Å². The van der Waals surface area contributed by atoms with Gasteiger partial charge in [0.25, 0.3) is 5.91 Å². The van der Waals surface area contributed by atoms with Crippen molar-refractivity contribution in [1.29, 1.82) is 0 Å². The van der Waals surface area contributed by atoms with Crippen LogP contribution in [-0.4, -0.2) is 46.4 Å². The third kappa shape index (κ3) is 4.47. The van der Waals surface area contributed by atoms with E-state index in [0.717, 1.165) is 31.5 Å². The molecule has 1 aromatic heterocycles. The molecule has 1 atom stereocenters. The van der Waals surface area contributed by atoms with Gasteiger partial charge in [-0.3, -0.25) is 4.79 Å². The van der Waals surface area contributed by atoms with Gasteiger partial charge in [-0.15, -0.1) is 0 Å². The number of methoxy groups -OCH3 is 1. The molecule has 1 aliphatic heterocycles. The number of rotatable bonds is 5. The average Bonchev–Trinajstić information content (AvgIpc) is 2.72. The molecule has 1 saturated heterocycles. The standard InChI is InChI=1S/C21H26N4O3/c1-4-17-7-5-6-12-25(17)20(26)18-13-19(23-14(2)22-18)24-16-10-8-15(9-11-16)21(27)28-3/h8-11,13,17H,4-7,12H2,1-3H3,(H,22,23,24). The van der Waals surface area contributed by atoms with Crippen molar-refractivity contribution in [1.82, 2.24) is 14.9 Å². The third-order valence-corrected chi connectivity index (χ3v) is 4.99. The molecule has 28 heavy (non-hydrogen) atoms. The van der Waals surface area contributed by atoms with Gasteiger partial charge in [-0.25, -0.2) is 14.8 Å². The fourth-order valence-corrected chi connectivity index (χ4v) is 3.54. The minimum Gasteiger partial charge on any atom is -0.465 e. The Hall–Kier alpha value is -2.96. The molecule has 1 unspecified atom stereocenters. The van der Waals surface area contributed by atoms with E-state index in [2.05, 4.69) is 22.2 Å². The van der Waals surface area contributed by atoms with Gasteiger partial charge in [-0.05, 0) is 56.9 Å². The van der Waals surface area contributed by atoms with Gasteiger partial charge in [0.2, 0.25) is 0 Å². The van der Waals surface area contributed by atoms with Crippen molar-refractivity contribution in [2.75, 3.05) is 19.0 Å². The quantitative estimate of drug-likeness (QED) is 0.794. The number of amides is 1. The molecule has 7 nitrogen and oxygen atoms in total. The van der Waals surface area contributed by atoms with Crippen LogP contribution in [0, 0.1) is 6.92 Å². The molecule has 148 valence electrons. The lowest BCUT2D eigenvalue weighted by atomic mass is 9.99. The van der Waals surface area contributed by atoms with E-state index in [1.807, 2.05) is 4.90 Å². The highest BCUT2D eigenvalue weighted by Gasteiger charge is 2.27. The van der Waals surface area contributed by atoms with Gasteiger partial charge in [0.1, 0.15) is 17.3 Å². The van der Waals surface area contributed by atoms with Gasteiger partial charge in [0.05, 0.1) is 12.7 Å². The summed E-state index contributed by atoms with van der Waals surface area (Å²) in [4.78, 5) is 35.3. The molecule has 7 heteroatoms. The van der Waals surface area contributed by atoms with Crippen LogP contribution in [0.3, 0.4) is 0 Å². The van der Waals surface area contributed by atoms with Crippen LogP contribution in [0.2, 0.25) is 0 Å². The Morgan fingerprint density at radius 1 is 1.21 bits per heavy atom. The van der Waals surface area contributed by atoms with Crippen molar-refractivity contribution in [2.45, 2.75) is 45.6 Å². The number of hydrogen-bond donors (Lipinski definition) is 1. The first kappa shape index (κ1) is 19.8. The van der Waals surface area contributed by atoms with Gasteiger partial charge in [-0.1, -0.05) is 6.92 Å². The first-order chi connectivity index (χ1) is 13.5. The second-order valence-corrected chi connectivity index (χ2v) is 6.94. The van der Waals surface area contributed by atoms with E-state index in [1.165, 1.54) is 13.5 Å². The average molecular weight is 382 g/mol. The zero-order valence-electron chi connectivity index (χ0n) is 16.6. The molecule has 0 spiro atoms. The van der Waals surface area contributed by atoms with E-state index in [9.17, 15) is 9.59 Å². The number of hydrogen-bond acceptors (Lipinski definition) is 6. The Kier molecular flexibility index (Phi) is 6.23. The summed E-state index contributed by atoms with van der Waals surface area (Å²) >= 11 is 0. The molecule has 1 fully saturated rings. The maximum absolute atomic E-state index is 13.0. The lowest BCUT2D eigenvalue weighted by molar-refractivity contribution is 0.0593. The molecular weight excluding hydrogens is 356 g/mol. The molecule has 1 aliphatic rings. The van der Waals surface area contributed by atoms with Crippen molar-refractivity contribution >= 4 is 23.4 Å². The first-order valence-corrected chi connectivity index (χ1v) is 9.64.